The van der Waals surface area contributed by atoms with Gasteiger partial charge in [-0.25, -0.2) is 0 Å². The van der Waals surface area contributed by atoms with Crippen LogP contribution in [0.15, 0.2) is 17.9 Å². The minimum atomic E-state index is -0.468. The molecule has 3 heteroatoms. The maximum absolute atomic E-state index is 9.81. The summed E-state index contributed by atoms with van der Waals surface area (Å²) < 4.78 is 12.3. The van der Waals surface area contributed by atoms with Gasteiger partial charge in [-0.15, -0.1) is 5.73 Å². The van der Waals surface area contributed by atoms with Gasteiger partial charge in [0.05, 0.1) is 24.9 Å². The number of aliphatic hydroxyl groups excluding tert-OH is 1. The highest BCUT2D eigenvalue weighted by molar-refractivity contribution is 5.04. The Kier molecular flexibility index (Phi) is 4.86. The zero-order chi connectivity index (χ0) is 13.9. The molecule has 2 rings (SSSR count). The standard InChI is InChI=1S/C16H26O3/c1-4-6-14-10-16(11-17)15(18-14)8-7-13(19-16)9-12(3)5-2/h13-15,17H,2,4,6-11H2,1,3H3/t13-,14+,15+,16-/m1/s1. The van der Waals surface area contributed by atoms with Crippen molar-refractivity contribution in [2.24, 2.45) is 0 Å². The highest BCUT2D eigenvalue weighted by Gasteiger charge is 2.52. The third-order valence-corrected chi connectivity index (χ3v) is 4.38. The topological polar surface area (TPSA) is 38.7 Å². The number of hydrogen-bond acceptors (Lipinski definition) is 3. The highest BCUT2D eigenvalue weighted by Crippen LogP contribution is 2.43. The van der Waals surface area contributed by atoms with Crippen LogP contribution in [0, 0.1) is 0 Å². The number of hydrogen-bond donors (Lipinski definition) is 1. The van der Waals surface area contributed by atoms with Gasteiger partial charge in [-0.1, -0.05) is 19.9 Å². The number of fused-ring (bicyclic) bond motifs is 1. The van der Waals surface area contributed by atoms with Gasteiger partial charge in [-0.05, 0) is 31.8 Å². The van der Waals surface area contributed by atoms with E-state index in [1.54, 1.807) is 0 Å². The van der Waals surface area contributed by atoms with Crippen LogP contribution in [0.1, 0.15) is 52.4 Å². The largest absolute Gasteiger partial charge is 0.393 e. The molecule has 0 saturated carbocycles. The van der Waals surface area contributed by atoms with E-state index in [9.17, 15) is 5.11 Å². The Labute approximate surface area is 116 Å². The Morgan fingerprint density at radius 1 is 1.42 bits per heavy atom. The molecule has 108 valence electrons. The van der Waals surface area contributed by atoms with E-state index < -0.39 is 5.60 Å². The van der Waals surface area contributed by atoms with Gasteiger partial charge in [-0.2, -0.15) is 0 Å². The van der Waals surface area contributed by atoms with Crippen LogP contribution in [0.2, 0.25) is 0 Å². The molecular formula is C16H26O3. The zero-order valence-corrected chi connectivity index (χ0v) is 12.2. The first-order valence-corrected chi connectivity index (χ1v) is 7.43. The van der Waals surface area contributed by atoms with Crippen LogP contribution >= 0.6 is 0 Å². The van der Waals surface area contributed by atoms with Crippen molar-refractivity contribution in [1.82, 2.24) is 0 Å². The summed E-state index contributed by atoms with van der Waals surface area (Å²) in [7, 11) is 0. The van der Waals surface area contributed by atoms with Gasteiger partial charge in [0, 0.05) is 12.8 Å². The van der Waals surface area contributed by atoms with Gasteiger partial charge in [0.2, 0.25) is 0 Å². The monoisotopic (exact) mass is 266 g/mol. The molecular weight excluding hydrogens is 240 g/mol. The molecule has 0 radical (unpaired) electrons. The van der Waals surface area contributed by atoms with Crippen molar-refractivity contribution in [3.63, 3.8) is 0 Å². The van der Waals surface area contributed by atoms with Gasteiger partial charge < -0.3 is 14.6 Å². The lowest BCUT2D eigenvalue weighted by atomic mass is 9.86. The lowest BCUT2D eigenvalue weighted by Gasteiger charge is -2.41. The van der Waals surface area contributed by atoms with Gasteiger partial charge in [-0.3, -0.25) is 0 Å². The van der Waals surface area contributed by atoms with E-state index in [0.717, 1.165) is 44.1 Å². The van der Waals surface area contributed by atoms with Crippen molar-refractivity contribution in [2.45, 2.75) is 76.3 Å². The Balaban J connectivity index is 2.03. The predicted octanol–water partition coefficient (Wildman–Crippen LogP) is 2.98. The Bertz CT molecular complexity index is 359. The van der Waals surface area contributed by atoms with Crippen molar-refractivity contribution in [1.29, 1.82) is 0 Å². The molecule has 4 atom stereocenters. The molecule has 2 fully saturated rings. The summed E-state index contributed by atoms with van der Waals surface area (Å²) in [5.74, 6) is 0. The first-order chi connectivity index (χ1) is 9.13. The summed E-state index contributed by atoms with van der Waals surface area (Å²) in [6, 6.07) is 0. The van der Waals surface area contributed by atoms with Crippen LogP contribution in [0.3, 0.4) is 0 Å². The van der Waals surface area contributed by atoms with Crippen molar-refractivity contribution < 1.29 is 14.6 Å². The molecule has 2 saturated heterocycles. The van der Waals surface area contributed by atoms with E-state index in [0.29, 0.717) is 0 Å². The van der Waals surface area contributed by atoms with Gasteiger partial charge in [0.25, 0.3) is 0 Å². The minimum Gasteiger partial charge on any atom is -0.393 e. The fourth-order valence-corrected chi connectivity index (χ4v) is 3.36. The molecule has 0 spiro atoms. The van der Waals surface area contributed by atoms with E-state index in [4.69, 9.17) is 9.47 Å². The molecule has 2 aliphatic heterocycles. The third kappa shape index (κ3) is 3.11. The predicted molar refractivity (Wildman–Crippen MR) is 75.1 cm³/mol. The normalized spacial score (nSPS) is 37.7. The number of rotatable bonds is 5. The highest BCUT2D eigenvalue weighted by atomic mass is 16.6. The number of aliphatic hydroxyl groups is 1. The molecule has 3 nitrogen and oxygen atoms in total. The Hall–Kier alpha value is -0.600. The van der Waals surface area contributed by atoms with Crippen molar-refractivity contribution in [3.8, 4) is 0 Å². The molecule has 0 bridgehead atoms. The molecule has 0 aliphatic carbocycles. The maximum Gasteiger partial charge on any atom is 0.120 e. The number of ether oxygens (including phenoxy) is 2. The van der Waals surface area contributed by atoms with Crippen LogP contribution in [0.5, 0.6) is 0 Å². The molecule has 19 heavy (non-hydrogen) atoms. The molecule has 0 amide bonds. The van der Waals surface area contributed by atoms with Gasteiger partial charge in [0.15, 0.2) is 0 Å². The minimum absolute atomic E-state index is 0.0607. The summed E-state index contributed by atoms with van der Waals surface area (Å²) in [6.07, 6.45) is 6.31. The average Bonchev–Trinajstić information content (AvgIpc) is 2.77. The summed E-state index contributed by atoms with van der Waals surface area (Å²) in [5, 5.41) is 9.81. The van der Waals surface area contributed by atoms with Crippen molar-refractivity contribution >= 4 is 0 Å². The fraction of sp³-hybridized carbons (Fsp3) is 0.812. The lowest BCUT2D eigenvalue weighted by molar-refractivity contribution is -0.181. The Morgan fingerprint density at radius 2 is 2.21 bits per heavy atom. The summed E-state index contributed by atoms with van der Waals surface area (Å²) in [4.78, 5) is 0. The van der Waals surface area contributed by atoms with Crippen LogP contribution in [0.4, 0.5) is 0 Å². The maximum atomic E-state index is 9.81. The Morgan fingerprint density at radius 3 is 2.84 bits per heavy atom. The first-order valence-electron chi connectivity index (χ1n) is 7.43. The zero-order valence-electron chi connectivity index (χ0n) is 12.2. The quantitative estimate of drug-likeness (QED) is 0.778. The fourth-order valence-electron chi connectivity index (χ4n) is 3.36. The molecule has 0 aromatic heterocycles. The van der Waals surface area contributed by atoms with E-state index in [-0.39, 0.29) is 24.9 Å². The summed E-state index contributed by atoms with van der Waals surface area (Å²) >= 11 is 0. The second kappa shape index (κ2) is 6.23. The first kappa shape index (κ1) is 14.8. The summed E-state index contributed by atoms with van der Waals surface area (Å²) in [6.45, 7) is 7.93. The van der Waals surface area contributed by atoms with Crippen LogP contribution < -0.4 is 0 Å². The van der Waals surface area contributed by atoms with Crippen LogP contribution in [0.25, 0.3) is 0 Å². The van der Waals surface area contributed by atoms with Crippen molar-refractivity contribution in [2.75, 3.05) is 6.61 Å². The molecule has 0 aromatic rings. The average molecular weight is 266 g/mol. The second-order valence-electron chi connectivity index (χ2n) is 5.94. The molecule has 2 heterocycles. The second-order valence-corrected chi connectivity index (χ2v) is 5.94. The van der Waals surface area contributed by atoms with E-state index in [2.05, 4.69) is 19.2 Å². The van der Waals surface area contributed by atoms with E-state index in [1.165, 1.54) is 0 Å². The SMILES string of the molecule is C=C=C(C)C[C@H]1CC[C@@H]2O[C@@H](CCC)C[C@]2(CO)O1. The molecule has 2 aliphatic rings. The van der Waals surface area contributed by atoms with Gasteiger partial charge >= 0.3 is 0 Å². The van der Waals surface area contributed by atoms with Gasteiger partial charge in [0.1, 0.15) is 5.60 Å². The van der Waals surface area contributed by atoms with Crippen LogP contribution in [-0.2, 0) is 9.47 Å². The third-order valence-electron chi connectivity index (χ3n) is 4.38. The molecule has 1 N–H and O–H groups in total. The van der Waals surface area contributed by atoms with E-state index in [1.807, 2.05) is 6.92 Å². The molecule has 0 unspecified atom stereocenters. The summed E-state index contributed by atoms with van der Waals surface area (Å²) in [5.41, 5.74) is 3.58. The molecule has 0 aromatic carbocycles. The lowest BCUT2D eigenvalue weighted by Crippen LogP contribution is -2.51. The van der Waals surface area contributed by atoms with Crippen LogP contribution in [-0.4, -0.2) is 35.6 Å². The van der Waals surface area contributed by atoms with Crippen molar-refractivity contribution in [3.05, 3.63) is 17.9 Å². The van der Waals surface area contributed by atoms with E-state index >= 15 is 0 Å². The smallest absolute Gasteiger partial charge is 0.120 e.